The second-order valence-electron chi connectivity index (χ2n) is 29.6. The second kappa shape index (κ2) is 48.1. The average Bonchev–Trinajstić information content (AvgIpc) is 1.72. The SMILES string of the molecule is C#CC(=O)N(CCC(=O)N(CCC(=O)N(CCC(=O)ON1C(=O)CCC1=O)CCC(=O)ON1C(=O)CCC1=O)CCC(=O)N(CCC(=O)ON1C(=O)CCC1=O)CCC(=O)ON1C(=O)CCC1=O)CCC(=O)N(CCC(=O)N(CCC(=O)ON1C(=O)CCC1=O)CCC(=O)ON1C(=O)CCC1=O)CCC(=O)N(CCC(=O)ON1C(=O)CCC1=O)CCC(=O)ON1C(=O)CCC1=O. The summed E-state index contributed by atoms with van der Waals surface area (Å²) in [5.74, 6) is -30.1. The molecule has 8 aliphatic rings. The fourth-order valence-electron chi connectivity index (χ4n) is 13.2. The van der Waals surface area contributed by atoms with Crippen LogP contribution in [0.1, 0.15) is 193 Å². The molecule has 0 bridgehead atoms. The zero-order valence-corrected chi connectivity index (χ0v) is 70.3. The molecule has 0 saturated carbocycles. The van der Waals surface area contributed by atoms with Gasteiger partial charge in [0.15, 0.2) is 0 Å². The lowest BCUT2D eigenvalue weighted by Gasteiger charge is -2.29. The Labute approximate surface area is 739 Å². The van der Waals surface area contributed by atoms with Crippen molar-refractivity contribution < 1.29 is 187 Å². The summed E-state index contributed by atoms with van der Waals surface area (Å²) in [6.07, 6.45) is -11.1. The van der Waals surface area contributed by atoms with E-state index in [9.17, 15) is 149 Å². The van der Waals surface area contributed by atoms with Crippen LogP contribution in [0.4, 0.5) is 0 Å². The highest BCUT2D eigenvalue weighted by Gasteiger charge is 2.42. The Balaban J connectivity index is 1.06. The molecule has 0 aromatic heterocycles. The molecular weight excluding hydrogens is 1760 g/mol. The molecular formula is C77H89N15O39. The highest BCUT2D eigenvalue weighted by atomic mass is 16.8. The van der Waals surface area contributed by atoms with Gasteiger partial charge in [-0.05, 0) is 5.92 Å². The first-order valence-electron chi connectivity index (χ1n) is 41.1. The van der Waals surface area contributed by atoms with E-state index in [1.165, 1.54) is 0 Å². The number of imide groups is 8. The van der Waals surface area contributed by atoms with Crippen LogP contribution in [-0.2, 0) is 187 Å². The molecule has 54 nitrogen and oxygen atoms in total. The number of carbonyl (C=O) groups excluding carboxylic acids is 31. The minimum Gasteiger partial charge on any atom is -0.342 e. The minimum absolute atomic E-state index is 0.191. The van der Waals surface area contributed by atoms with Gasteiger partial charge in [-0.3, -0.25) is 110 Å². The Morgan fingerprint density at radius 3 is 0.389 bits per heavy atom. The first-order chi connectivity index (χ1) is 62.2. The molecule has 23 amide bonds. The van der Waals surface area contributed by atoms with Crippen molar-refractivity contribution in [1.29, 1.82) is 0 Å². The number of carbonyl (C=O) groups is 31. The molecule has 8 saturated heterocycles. The van der Waals surface area contributed by atoms with E-state index in [-0.39, 0.29) is 143 Å². The number of nitrogens with zero attached hydrogens (tertiary/aromatic N) is 15. The van der Waals surface area contributed by atoms with Crippen molar-refractivity contribution in [2.45, 2.75) is 193 Å². The van der Waals surface area contributed by atoms with Crippen LogP contribution in [-0.4, -0.2) is 350 Å². The first kappa shape index (κ1) is 101. The van der Waals surface area contributed by atoms with Gasteiger partial charge >= 0.3 is 47.8 Å². The Hall–Kier alpha value is -15.3. The van der Waals surface area contributed by atoms with Crippen LogP contribution < -0.4 is 0 Å². The summed E-state index contributed by atoms with van der Waals surface area (Å²) in [5, 5.41) is 1.53. The van der Waals surface area contributed by atoms with Gasteiger partial charge in [0.1, 0.15) is 0 Å². The first-order valence-corrected chi connectivity index (χ1v) is 41.1. The van der Waals surface area contributed by atoms with Gasteiger partial charge in [0.25, 0.3) is 100 Å². The fourth-order valence-corrected chi connectivity index (χ4v) is 13.2. The Morgan fingerprint density at radius 1 is 0.183 bits per heavy atom. The molecule has 0 radical (unpaired) electrons. The third-order valence-electron chi connectivity index (χ3n) is 20.4. The molecule has 0 aromatic rings. The fraction of sp³-hybridized carbons (Fsp3) is 0.571. The van der Waals surface area contributed by atoms with E-state index in [0.29, 0.717) is 0 Å². The number of terminal acetylenes is 1. The molecule has 131 heavy (non-hydrogen) atoms. The van der Waals surface area contributed by atoms with E-state index in [1.807, 2.05) is 5.92 Å². The van der Waals surface area contributed by atoms with Gasteiger partial charge in [0.05, 0.1) is 51.4 Å². The largest absolute Gasteiger partial charge is 0.342 e. The van der Waals surface area contributed by atoms with E-state index in [1.54, 1.807) is 0 Å². The summed E-state index contributed by atoms with van der Waals surface area (Å²) in [4.78, 5) is 449. The van der Waals surface area contributed by atoms with Crippen molar-refractivity contribution in [3.05, 3.63) is 0 Å². The number of hydroxylamine groups is 16. The monoisotopic (exact) mass is 1850 g/mol. The maximum Gasteiger partial charge on any atom is 0.334 e. The zero-order valence-electron chi connectivity index (χ0n) is 70.3. The molecule has 0 N–H and O–H groups in total. The van der Waals surface area contributed by atoms with Crippen LogP contribution in [0, 0.1) is 12.3 Å². The summed E-state index contributed by atoms with van der Waals surface area (Å²) in [5.41, 5.74) is 0. The van der Waals surface area contributed by atoms with Gasteiger partial charge in [0, 0.05) is 233 Å². The third-order valence-corrected chi connectivity index (χ3v) is 20.4. The van der Waals surface area contributed by atoms with E-state index in [0.717, 1.165) is 34.3 Å². The van der Waals surface area contributed by atoms with Gasteiger partial charge in [0.2, 0.25) is 35.4 Å². The number of rotatable bonds is 50. The lowest BCUT2D eigenvalue weighted by atomic mass is 10.2. The summed E-state index contributed by atoms with van der Waals surface area (Å²) < 4.78 is 0. The predicted molar refractivity (Wildman–Crippen MR) is 407 cm³/mol. The van der Waals surface area contributed by atoms with Gasteiger partial charge in [-0.25, -0.2) is 38.4 Å². The van der Waals surface area contributed by atoms with Gasteiger partial charge in [-0.2, -0.15) is 0 Å². The Morgan fingerprint density at radius 2 is 0.282 bits per heavy atom. The number of amides is 23. The Kier molecular flexibility index (Phi) is 37.1. The molecule has 0 spiro atoms. The number of hydrogen-bond donors (Lipinski definition) is 0. The standard InChI is InChI=1S/C77H89N15O39/c1-2-47(93)78(33-19-48(94)79(35-21-50(96)81(39-25-70(116)124-85-54(100)3-4-55(85)101)40-26-71(117)125-86-56(102)5-6-57(86)103)36-22-51(97)82(41-27-72(118)126-87-58(104)7-8-59(87)105)42-28-73(119)127-88-60(106)9-10-61(88)107)34-20-49(95)80(37-23-52(98)83(43-29-74(120)128-89-62(108)11-12-63(89)109)44-30-75(121)129-90-64(110)13-14-65(90)111)38-24-53(99)84(45-31-76(122)130-91-66(112)15-16-67(91)113)46-32-77(123)131-92-68(114)17-18-69(92)115/h1H,3-46H2. The number of hydrogen-bond acceptors (Lipinski definition) is 39. The van der Waals surface area contributed by atoms with Crippen molar-refractivity contribution >= 4 is 184 Å². The normalized spacial score (nSPS) is 16.1. The van der Waals surface area contributed by atoms with Gasteiger partial charge in [-0.15, -0.1) is 46.9 Å². The lowest BCUT2D eigenvalue weighted by molar-refractivity contribution is -0.198. The van der Waals surface area contributed by atoms with Gasteiger partial charge in [-0.1, -0.05) is 0 Å². The molecule has 8 aliphatic heterocycles. The van der Waals surface area contributed by atoms with Crippen LogP contribution in [0.3, 0.4) is 0 Å². The van der Waals surface area contributed by atoms with Crippen LogP contribution in [0.2, 0.25) is 0 Å². The highest BCUT2D eigenvalue weighted by molar-refractivity contribution is 6.07. The molecule has 0 aromatic carbocycles. The van der Waals surface area contributed by atoms with Crippen molar-refractivity contribution in [2.24, 2.45) is 0 Å². The van der Waals surface area contributed by atoms with E-state index >= 15 is 0 Å². The van der Waals surface area contributed by atoms with Crippen LogP contribution >= 0.6 is 0 Å². The van der Waals surface area contributed by atoms with E-state index in [4.69, 9.17) is 45.1 Å². The molecule has 0 unspecified atom stereocenters. The van der Waals surface area contributed by atoms with E-state index < -0.39 is 365 Å². The summed E-state index contributed by atoms with van der Waals surface area (Å²) in [6, 6.07) is 0. The second-order valence-corrected chi connectivity index (χ2v) is 29.6. The lowest BCUT2D eigenvalue weighted by Crippen LogP contribution is -2.44. The van der Waals surface area contributed by atoms with Crippen LogP contribution in [0.15, 0.2) is 0 Å². The third kappa shape index (κ3) is 29.9. The topological polar surface area (TPSA) is 652 Å². The van der Waals surface area contributed by atoms with Gasteiger partial charge < -0.3 is 73.0 Å². The van der Waals surface area contributed by atoms with Crippen LogP contribution in [0.25, 0.3) is 0 Å². The zero-order chi connectivity index (χ0) is 96.0. The average molecular weight is 1850 g/mol. The molecule has 0 atom stereocenters. The van der Waals surface area contributed by atoms with E-state index in [2.05, 4.69) is 0 Å². The van der Waals surface area contributed by atoms with Crippen molar-refractivity contribution in [3.63, 3.8) is 0 Å². The molecule has 706 valence electrons. The van der Waals surface area contributed by atoms with Crippen molar-refractivity contribution in [2.75, 3.05) is 91.6 Å². The molecule has 8 heterocycles. The smallest absolute Gasteiger partial charge is 0.334 e. The molecule has 0 aliphatic carbocycles. The van der Waals surface area contributed by atoms with Crippen molar-refractivity contribution in [3.8, 4) is 12.3 Å². The quantitative estimate of drug-likeness (QED) is 0.0404. The maximum atomic E-state index is 14.9. The van der Waals surface area contributed by atoms with Crippen molar-refractivity contribution in [1.82, 2.24) is 74.8 Å². The Bertz CT molecular complexity index is 3890. The summed E-state index contributed by atoms with van der Waals surface area (Å²) in [7, 11) is 0. The van der Waals surface area contributed by atoms with Crippen LogP contribution in [0.5, 0.6) is 0 Å². The maximum absolute atomic E-state index is 14.9. The predicted octanol–water partition coefficient (Wildman–Crippen LogP) is -6.26. The highest BCUT2D eigenvalue weighted by Crippen LogP contribution is 2.23. The molecule has 8 rings (SSSR count). The summed E-state index contributed by atoms with van der Waals surface area (Å²) in [6.45, 7) is -10.2. The minimum atomic E-state index is -1.27. The molecule has 54 heteroatoms. The molecule has 8 fully saturated rings. The summed E-state index contributed by atoms with van der Waals surface area (Å²) >= 11 is 0.